The molecule has 4 amide bonds. The Kier molecular flexibility index (Phi) is 7.10. The Labute approximate surface area is 125 Å². The molecular weight excluding hydrogens is 274 g/mol. The highest BCUT2D eigenvalue weighted by Crippen LogP contribution is 2.00. The van der Waals surface area contributed by atoms with Gasteiger partial charge in [0.25, 0.3) is 0 Å². The van der Waals surface area contributed by atoms with Crippen molar-refractivity contribution in [2.45, 2.75) is 19.9 Å². The summed E-state index contributed by atoms with van der Waals surface area (Å²) in [6.45, 7) is 7.00. The van der Waals surface area contributed by atoms with E-state index < -0.39 is 18.0 Å². The van der Waals surface area contributed by atoms with E-state index in [-0.39, 0.29) is 12.5 Å². The highest BCUT2D eigenvalue weighted by Gasteiger charge is 2.24. The van der Waals surface area contributed by atoms with Gasteiger partial charge in [0.05, 0.1) is 12.6 Å². The van der Waals surface area contributed by atoms with Gasteiger partial charge >= 0.3 is 6.03 Å². The molecule has 0 radical (unpaired) electrons. The first-order valence-electron chi connectivity index (χ1n) is 7.23. The van der Waals surface area contributed by atoms with Crippen molar-refractivity contribution in [3.8, 4) is 0 Å². The normalized spacial score (nSPS) is 16.5. The highest BCUT2D eigenvalue weighted by molar-refractivity contribution is 5.97. The number of hydrogen-bond acceptors (Lipinski definition) is 5. The maximum atomic E-state index is 12.1. The fourth-order valence-corrected chi connectivity index (χ4v) is 1.99. The van der Waals surface area contributed by atoms with E-state index in [4.69, 9.17) is 0 Å². The first kappa shape index (κ1) is 17.4. The summed E-state index contributed by atoms with van der Waals surface area (Å²) in [7, 11) is 1.70. The summed E-state index contributed by atoms with van der Waals surface area (Å²) in [5.41, 5.74) is 0. The molecule has 21 heavy (non-hydrogen) atoms. The molecule has 1 saturated heterocycles. The number of amides is 4. The van der Waals surface area contributed by atoms with Crippen molar-refractivity contribution in [1.29, 1.82) is 0 Å². The zero-order valence-corrected chi connectivity index (χ0v) is 12.9. The molecule has 3 N–H and O–H groups in total. The van der Waals surface area contributed by atoms with E-state index in [0.29, 0.717) is 19.6 Å². The van der Waals surface area contributed by atoms with Crippen LogP contribution in [0.1, 0.15) is 13.8 Å². The Balaban J connectivity index is 2.42. The van der Waals surface area contributed by atoms with Gasteiger partial charge < -0.3 is 15.5 Å². The van der Waals surface area contributed by atoms with Gasteiger partial charge in [-0.05, 0) is 20.9 Å². The summed E-state index contributed by atoms with van der Waals surface area (Å²) in [5.74, 6) is -0.423. The molecule has 1 rings (SSSR count). The van der Waals surface area contributed by atoms with Gasteiger partial charge in [-0.2, -0.15) is 0 Å². The maximum absolute atomic E-state index is 12.1. The summed E-state index contributed by atoms with van der Waals surface area (Å²) in [4.78, 5) is 38.7. The molecule has 8 nitrogen and oxygen atoms in total. The molecule has 1 aliphatic rings. The molecule has 1 unspecified atom stereocenters. The maximum Gasteiger partial charge on any atom is 0.321 e. The Morgan fingerprint density at radius 3 is 2.48 bits per heavy atom. The molecule has 0 aromatic heterocycles. The number of hydrogen-bond donors (Lipinski definition) is 3. The van der Waals surface area contributed by atoms with Crippen LogP contribution in [0.15, 0.2) is 0 Å². The SMILES string of the molecule is CCNC(=O)NC(=O)C(C)N(C)CC(=O)N1CCNCC1. The van der Waals surface area contributed by atoms with Crippen LogP contribution in [0.2, 0.25) is 0 Å². The molecule has 1 fully saturated rings. The van der Waals surface area contributed by atoms with Crippen molar-refractivity contribution in [3.63, 3.8) is 0 Å². The van der Waals surface area contributed by atoms with Crippen molar-refractivity contribution in [1.82, 2.24) is 25.8 Å². The average molecular weight is 299 g/mol. The number of piperazine rings is 1. The summed E-state index contributed by atoms with van der Waals surface area (Å²) >= 11 is 0. The number of rotatable bonds is 5. The van der Waals surface area contributed by atoms with E-state index >= 15 is 0 Å². The van der Waals surface area contributed by atoms with Gasteiger partial charge in [-0.25, -0.2) is 4.79 Å². The second-order valence-corrected chi connectivity index (χ2v) is 5.07. The number of likely N-dealkylation sites (N-methyl/N-ethyl adjacent to an activating group) is 1. The lowest BCUT2D eigenvalue weighted by atomic mass is 10.2. The van der Waals surface area contributed by atoms with Crippen molar-refractivity contribution >= 4 is 17.8 Å². The molecule has 0 aromatic rings. The van der Waals surface area contributed by atoms with Gasteiger partial charge in [0.2, 0.25) is 11.8 Å². The van der Waals surface area contributed by atoms with Crippen LogP contribution in [-0.2, 0) is 9.59 Å². The zero-order chi connectivity index (χ0) is 15.8. The van der Waals surface area contributed by atoms with E-state index in [1.807, 2.05) is 0 Å². The first-order chi connectivity index (χ1) is 9.95. The fraction of sp³-hybridized carbons (Fsp3) is 0.769. The minimum Gasteiger partial charge on any atom is -0.339 e. The zero-order valence-electron chi connectivity index (χ0n) is 12.9. The smallest absolute Gasteiger partial charge is 0.321 e. The van der Waals surface area contributed by atoms with Gasteiger partial charge in [0, 0.05) is 32.7 Å². The molecule has 0 aliphatic carbocycles. The Morgan fingerprint density at radius 2 is 1.90 bits per heavy atom. The summed E-state index contributed by atoms with van der Waals surface area (Å²) in [5, 5.41) is 7.92. The Bertz CT molecular complexity index is 382. The lowest BCUT2D eigenvalue weighted by Crippen LogP contribution is -2.53. The average Bonchev–Trinajstić information content (AvgIpc) is 2.47. The van der Waals surface area contributed by atoms with Gasteiger partial charge in [-0.1, -0.05) is 0 Å². The number of carbonyl (C=O) groups excluding carboxylic acids is 3. The third-order valence-corrected chi connectivity index (χ3v) is 3.47. The molecule has 0 aromatic carbocycles. The quantitative estimate of drug-likeness (QED) is 0.579. The monoisotopic (exact) mass is 299 g/mol. The van der Waals surface area contributed by atoms with Crippen molar-refractivity contribution in [2.75, 3.05) is 46.3 Å². The molecule has 0 spiro atoms. The number of urea groups is 1. The van der Waals surface area contributed by atoms with Crippen molar-refractivity contribution in [3.05, 3.63) is 0 Å². The first-order valence-corrected chi connectivity index (χ1v) is 7.23. The lowest BCUT2D eigenvalue weighted by Gasteiger charge is -2.30. The third kappa shape index (κ3) is 5.68. The third-order valence-electron chi connectivity index (χ3n) is 3.47. The van der Waals surface area contributed by atoms with Gasteiger partial charge in [0.1, 0.15) is 0 Å². The second kappa shape index (κ2) is 8.58. The Hall–Kier alpha value is -1.67. The van der Waals surface area contributed by atoms with Crippen molar-refractivity contribution in [2.24, 2.45) is 0 Å². The van der Waals surface area contributed by atoms with Gasteiger partial charge in [-0.15, -0.1) is 0 Å². The summed E-state index contributed by atoms with van der Waals surface area (Å²) in [6.07, 6.45) is 0. The van der Waals surface area contributed by atoms with Crippen LogP contribution < -0.4 is 16.0 Å². The van der Waals surface area contributed by atoms with E-state index in [1.54, 1.807) is 30.7 Å². The topological polar surface area (TPSA) is 93.8 Å². The second-order valence-electron chi connectivity index (χ2n) is 5.07. The molecule has 1 atom stereocenters. The van der Waals surface area contributed by atoms with Crippen LogP contribution in [0.3, 0.4) is 0 Å². The fourth-order valence-electron chi connectivity index (χ4n) is 1.99. The summed E-state index contributed by atoms with van der Waals surface area (Å²) in [6, 6.07) is -1.07. The largest absolute Gasteiger partial charge is 0.339 e. The minimum absolute atomic E-state index is 0.00309. The number of imide groups is 1. The molecule has 0 saturated carbocycles. The van der Waals surface area contributed by atoms with Crippen molar-refractivity contribution < 1.29 is 14.4 Å². The molecule has 8 heteroatoms. The Morgan fingerprint density at radius 1 is 1.29 bits per heavy atom. The standard InChI is InChI=1S/C13H25N5O3/c1-4-15-13(21)16-12(20)10(2)17(3)9-11(19)18-7-5-14-6-8-18/h10,14H,4-9H2,1-3H3,(H2,15,16,20,21). The predicted molar refractivity (Wildman–Crippen MR) is 78.8 cm³/mol. The summed E-state index contributed by atoms with van der Waals surface area (Å²) < 4.78 is 0. The van der Waals surface area contributed by atoms with Crippen LogP contribution in [0, 0.1) is 0 Å². The molecule has 1 aliphatic heterocycles. The van der Waals surface area contributed by atoms with Crippen LogP contribution >= 0.6 is 0 Å². The van der Waals surface area contributed by atoms with E-state index in [2.05, 4.69) is 16.0 Å². The molecule has 0 bridgehead atoms. The molecular formula is C13H25N5O3. The van der Waals surface area contributed by atoms with Crippen LogP contribution in [0.5, 0.6) is 0 Å². The predicted octanol–water partition coefficient (Wildman–Crippen LogP) is -1.42. The van der Waals surface area contributed by atoms with Gasteiger partial charge in [0.15, 0.2) is 0 Å². The highest BCUT2D eigenvalue weighted by atomic mass is 16.2. The van der Waals surface area contributed by atoms with E-state index in [0.717, 1.165) is 13.1 Å². The lowest BCUT2D eigenvalue weighted by molar-refractivity contribution is -0.134. The van der Waals surface area contributed by atoms with Crippen LogP contribution in [0.4, 0.5) is 4.79 Å². The van der Waals surface area contributed by atoms with Gasteiger partial charge in [-0.3, -0.25) is 19.8 Å². The van der Waals surface area contributed by atoms with Crippen LogP contribution in [-0.4, -0.2) is 80.0 Å². The molecule has 1 heterocycles. The van der Waals surface area contributed by atoms with Crippen LogP contribution in [0.25, 0.3) is 0 Å². The van der Waals surface area contributed by atoms with E-state index in [9.17, 15) is 14.4 Å². The van der Waals surface area contributed by atoms with E-state index in [1.165, 1.54) is 0 Å². The number of nitrogens with zero attached hydrogens (tertiary/aromatic N) is 2. The molecule has 120 valence electrons. The minimum atomic E-state index is -0.556. The number of carbonyl (C=O) groups is 3. The number of nitrogens with one attached hydrogen (secondary N) is 3.